The van der Waals surface area contributed by atoms with E-state index in [0.29, 0.717) is 5.92 Å². The minimum atomic E-state index is -0.0430. The molecule has 1 N–H and O–H groups in total. The smallest absolute Gasteiger partial charge is 0.317 e. The number of nitrogens with one attached hydrogen (secondary N) is 1. The average Bonchev–Trinajstić information content (AvgIpc) is 3.21. The summed E-state index contributed by atoms with van der Waals surface area (Å²) in [4.78, 5) is 18.8. The summed E-state index contributed by atoms with van der Waals surface area (Å²) >= 11 is 1.59. The first kappa shape index (κ1) is 16.0. The van der Waals surface area contributed by atoms with Crippen LogP contribution in [0.4, 0.5) is 4.79 Å². The quantitative estimate of drug-likeness (QED) is 0.935. The van der Waals surface area contributed by atoms with E-state index in [4.69, 9.17) is 0 Å². The minimum absolute atomic E-state index is 0.0130. The SMILES string of the molecule is Cc1csc([C@H](C)NC(=O)N2CC[C@@H](Cc3cnn(C)c3)C2)n1. The molecule has 2 aromatic rings. The summed E-state index contributed by atoms with van der Waals surface area (Å²) in [6.45, 7) is 5.59. The van der Waals surface area contributed by atoms with Gasteiger partial charge in [-0.25, -0.2) is 9.78 Å². The van der Waals surface area contributed by atoms with Gasteiger partial charge in [0.1, 0.15) is 5.01 Å². The first-order valence-electron chi connectivity index (χ1n) is 7.96. The fourth-order valence-electron chi connectivity index (χ4n) is 3.00. The number of hydrogen-bond donors (Lipinski definition) is 1. The third-order valence-electron chi connectivity index (χ3n) is 4.20. The van der Waals surface area contributed by atoms with Gasteiger partial charge in [0, 0.05) is 37.4 Å². The fraction of sp³-hybridized carbons (Fsp3) is 0.562. The fourth-order valence-corrected chi connectivity index (χ4v) is 3.81. The van der Waals surface area contributed by atoms with Crippen LogP contribution in [0.25, 0.3) is 0 Å². The van der Waals surface area contributed by atoms with Crippen LogP contribution in [0.2, 0.25) is 0 Å². The first-order valence-corrected chi connectivity index (χ1v) is 8.84. The molecule has 0 aliphatic carbocycles. The Morgan fingerprint density at radius 1 is 1.57 bits per heavy atom. The van der Waals surface area contributed by atoms with Crippen molar-refractivity contribution in [3.05, 3.63) is 34.0 Å². The number of amides is 2. The second-order valence-corrected chi connectivity index (χ2v) is 7.22. The maximum absolute atomic E-state index is 12.4. The largest absolute Gasteiger partial charge is 0.329 e. The molecular weight excluding hydrogens is 310 g/mol. The van der Waals surface area contributed by atoms with Gasteiger partial charge in [-0.1, -0.05) is 0 Å². The van der Waals surface area contributed by atoms with Gasteiger partial charge in [0.15, 0.2) is 0 Å². The molecule has 0 bridgehead atoms. The number of carbonyl (C=O) groups excluding carboxylic acids is 1. The van der Waals surface area contributed by atoms with Crippen molar-refractivity contribution in [3.63, 3.8) is 0 Å². The Labute approximate surface area is 140 Å². The van der Waals surface area contributed by atoms with E-state index in [9.17, 15) is 4.79 Å². The molecule has 124 valence electrons. The minimum Gasteiger partial charge on any atom is -0.329 e. The van der Waals surface area contributed by atoms with Crippen molar-refractivity contribution in [1.82, 2.24) is 25.0 Å². The lowest BCUT2D eigenvalue weighted by Crippen LogP contribution is -2.39. The number of hydrogen-bond acceptors (Lipinski definition) is 4. The van der Waals surface area contributed by atoms with Crippen molar-refractivity contribution in [3.8, 4) is 0 Å². The van der Waals surface area contributed by atoms with Crippen molar-refractivity contribution in [1.29, 1.82) is 0 Å². The van der Waals surface area contributed by atoms with Gasteiger partial charge in [0.2, 0.25) is 0 Å². The molecule has 1 aliphatic rings. The zero-order valence-electron chi connectivity index (χ0n) is 13.8. The lowest BCUT2D eigenvalue weighted by atomic mass is 10.0. The maximum Gasteiger partial charge on any atom is 0.317 e. The highest BCUT2D eigenvalue weighted by atomic mass is 32.1. The van der Waals surface area contributed by atoms with E-state index in [1.165, 1.54) is 5.56 Å². The van der Waals surface area contributed by atoms with Crippen LogP contribution in [0.15, 0.2) is 17.8 Å². The molecule has 0 saturated carbocycles. The molecule has 2 atom stereocenters. The van der Waals surface area contributed by atoms with E-state index < -0.39 is 0 Å². The molecule has 1 fully saturated rings. The number of carbonyl (C=O) groups is 1. The molecular formula is C16H23N5OS. The summed E-state index contributed by atoms with van der Waals surface area (Å²) in [6, 6.07) is -0.0300. The highest BCUT2D eigenvalue weighted by Gasteiger charge is 2.27. The van der Waals surface area contributed by atoms with Crippen molar-refractivity contribution in [2.75, 3.05) is 13.1 Å². The van der Waals surface area contributed by atoms with Gasteiger partial charge >= 0.3 is 6.03 Å². The van der Waals surface area contributed by atoms with E-state index in [2.05, 4.69) is 21.6 Å². The molecule has 0 radical (unpaired) electrons. The Hall–Kier alpha value is -1.89. The number of rotatable bonds is 4. The summed E-state index contributed by atoms with van der Waals surface area (Å²) < 4.78 is 1.83. The molecule has 7 heteroatoms. The Bertz CT molecular complexity index is 680. The topological polar surface area (TPSA) is 63.1 Å². The van der Waals surface area contributed by atoms with Gasteiger partial charge in [0.05, 0.1) is 12.2 Å². The van der Waals surface area contributed by atoms with E-state index >= 15 is 0 Å². The molecule has 3 rings (SSSR count). The lowest BCUT2D eigenvalue weighted by Gasteiger charge is -2.20. The van der Waals surface area contributed by atoms with Crippen molar-refractivity contribution >= 4 is 17.4 Å². The summed E-state index contributed by atoms with van der Waals surface area (Å²) in [5.41, 5.74) is 2.25. The van der Waals surface area contributed by atoms with E-state index in [0.717, 1.165) is 36.6 Å². The van der Waals surface area contributed by atoms with Gasteiger partial charge in [-0.2, -0.15) is 5.10 Å². The van der Waals surface area contributed by atoms with Crippen LogP contribution in [0.3, 0.4) is 0 Å². The summed E-state index contributed by atoms with van der Waals surface area (Å²) in [6.07, 6.45) is 6.00. The monoisotopic (exact) mass is 333 g/mol. The highest BCUT2D eigenvalue weighted by Crippen LogP contribution is 2.22. The normalized spacial score (nSPS) is 19.1. The van der Waals surface area contributed by atoms with E-state index in [1.54, 1.807) is 11.3 Å². The van der Waals surface area contributed by atoms with Gasteiger partial charge < -0.3 is 10.2 Å². The molecule has 0 unspecified atom stereocenters. The zero-order chi connectivity index (χ0) is 16.4. The Kier molecular flexibility index (Phi) is 4.66. The van der Waals surface area contributed by atoms with Crippen LogP contribution in [0.1, 0.15) is 35.7 Å². The second kappa shape index (κ2) is 6.70. The lowest BCUT2D eigenvalue weighted by molar-refractivity contribution is 0.203. The van der Waals surface area contributed by atoms with E-state index in [-0.39, 0.29) is 12.1 Å². The Morgan fingerprint density at radius 3 is 3.04 bits per heavy atom. The van der Waals surface area contributed by atoms with Gasteiger partial charge in [-0.15, -0.1) is 11.3 Å². The van der Waals surface area contributed by atoms with Gasteiger partial charge in [0.25, 0.3) is 0 Å². The zero-order valence-corrected chi connectivity index (χ0v) is 14.6. The van der Waals surface area contributed by atoms with Crippen LogP contribution in [-0.2, 0) is 13.5 Å². The Balaban J connectivity index is 1.51. The number of thiazole rings is 1. The molecule has 3 heterocycles. The molecule has 6 nitrogen and oxygen atoms in total. The molecule has 0 aromatic carbocycles. The van der Waals surface area contributed by atoms with Gasteiger partial charge in [-0.05, 0) is 38.2 Å². The molecule has 0 spiro atoms. The van der Waals surface area contributed by atoms with Crippen LogP contribution < -0.4 is 5.32 Å². The van der Waals surface area contributed by atoms with Crippen molar-refractivity contribution in [2.45, 2.75) is 32.7 Å². The molecule has 1 saturated heterocycles. The molecule has 23 heavy (non-hydrogen) atoms. The van der Waals surface area contributed by atoms with E-state index in [1.807, 2.05) is 42.1 Å². The summed E-state index contributed by atoms with van der Waals surface area (Å²) in [5, 5.41) is 10.2. The predicted octanol–water partition coefficient (Wildman–Crippen LogP) is 2.52. The predicted molar refractivity (Wildman–Crippen MR) is 90.4 cm³/mol. The molecule has 2 amide bonds. The number of aryl methyl sites for hydroxylation is 2. The Morgan fingerprint density at radius 2 is 2.39 bits per heavy atom. The third-order valence-corrected chi connectivity index (χ3v) is 5.35. The van der Waals surface area contributed by atoms with Gasteiger partial charge in [-0.3, -0.25) is 4.68 Å². The van der Waals surface area contributed by atoms with Crippen LogP contribution >= 0.6 is 11.3 Å². The average molecular weight is 333 g/mol. The molecule has 1 aliphatic heterocycles. The summed E-state index contributed by atoms with van der Waals surface area (Å²) in [7, 11) is 1.93. The summed E-state index contributed by atoms with van der Waals surface area (Å²) in [5.74, 6) is 0.516. The second-order valence-electron chi connectivity index (χ2n) is 6.33. The van der Waals surface area contributed by atoms with Crippen LogP contribution in [0, 0.1) is 12.8 Å². The number of likely N-dealkylation sites (tertiary alicyclic amines) is 1. The first-order chi connectivity index (χ1) is 11.0. The highest BCUT2D eigenvalue weighted by molar-refractivity contribution is 7.09. The number of nitrogens with zero attached hydrogens (tertiary/aromatic N) is 4. The standard InChI is InChI=1S/C16H23N5OS/c1-11-10-23-15(18-11)12(2)19-16(22)21-5-4-13(9-21)6-14-7-17-20(3)8-14/h7-8,10,12-13H,4-6,9H2,1-3H3,(H,19,22)/t12-,13-/m0/s1. The van der Waals surface area contributed by atoms with Crippen molar-refractivity contribution < 1.29 is 4.79 Å². The maximum atomic E-state index is 12.4. The third kappa shape index (κ3) is 3.90. The molecule has 2 aromatic heterocycles. The van der Waals surface area contributed by atoms with Crippen LogP contribution in [-0.4, -0.2) is 38.8 Å². The number of urea groups is 1. The number of aromatic nitrogens is 3. The van der Waals surface area contributed by atoms with Crippen LogP contribution in [0.5, 0.6) is 0 Å². The van der Waals surface area contributed by atoms with Crippen molar-refractivity contribution in [2.24, 2.45) is 13.0 Å².